The zero-order valence-corrected chi connectivity index (χ0v) is 16.6. The first kappa shape index (κ1) is 20.8. The van der Waals surface area contributed by atoms with Crippen LogP contribution in [0.3, 0.4) is 0 Å². The second-order valence-electron chi connectivity index (χ2n) is 7.46. The molecule has 28 heavy (non-hydrogen) atoms. The van der Waals surface area contributed by atoms with E-state index in [2.05, 4.69) is 15.5 Å². The average molecular weight is 389 g/mol. The molecule has 2 amide bonds. The van der Waals surface area contributed by atoms with Crippen LogP contribution in [0.25, 0.3) is 0 Å². The Labute approximate surface area is 167 Å². The number of nitrogens with one attached hydrogen (secondary N) is 2. The first-order chi connectivity index (χ1) is 13.7. The number of likely N-dealkylation sites (tertiary alicyclic amines) is 1. The van der Waals surface area contributed by atoms with Gasteiger partial charge in [0.1, 0.15) is 0 Å². The third-order valence-corrected chi connectivity index (χ3v) is 5.30. The van der Waals surface area contributed by atoms with E-state index < -0.39 is 0 Å². The van der Waals surface area contributed by atoms with Gasteiger partial charge in [-0.3, -0.25) is 14.5 Å². The van der Waals surface area contributed by atoms with Crippen LogP contribution >= 0.6 is 0 Å². The molecule has 2 saturated heterocycles. The Morgan fingerprint density at radius 1 is 0.929 bits per heavy atom. The molecule has 0 unspecified atom stereocenters. The van der Waals surface area contributed by atoms with Gasteiger partial charge in [0.2, 0.25) is 5.91 Å². The number of hydrogen-bond acceptors (Lipinski definition) is 5. The summed E-state index contributed by atoms with van der Waals surface area (Å²) in [5, 5.41) is 6.05. The van der Waals surface area contributed by atoms with Crippen LogP contribution < -0.4 is 10.6 Å². The molecular weight excluding hydrogens is 356 g/mol. The molecule has 0 aliphatic carbocycles. The molecule has 7 nitrogen and oxygen atoms in total. The molecule has 7 heteroatoms. The van der Waals surface area contributed by atoms with Gasteiger partial charge in [-0.1, -0.05) is 12.8 Å². The minimum Gasteiger partial charge on any atom is -0.379 e. The Morgan fingerprint density at radius 2 is 1.61 bits per heavy atom. The normalized spacial score (nSPS) is 18.5. The van der Waals surface area contributed by atoms with Gasteiger partial charge in [0.25, 0.3) is 5.91 Å². The van der Waals surface area contributed by atoms with Crippen molar-refractivity contribution in [2.75, 3.05) is 64.3 Å². The van der Waals surface area contributed by atoms with Crippen LogP contribution in [-0.4, -0.2) is 80.6 Å². The van der Waals surface area contributed by atoms with Crippen LogP contribution in [-0.2, 0) is 9.53 Å². The molecule has 0 aromatic heterocycles. The molecule has 1 aromatic carbocycles. The number of hydrogen-bond donors (Lipinski definition) is 2. The minimum atomic E-state index is -0.0754. The highest BCUT2D eigenvalue weighted by Crippen LogP contribution is 2.15. The lowest BCUT2D eigenvalue weighted by Gasteiger charge is -2.26. The maximum Gasteiger partial charge on any atom is 0.253 e. The molecule has 2 fully saturated rings. The van der Waals surface area contributed by atoms with Crippen LogP contribution in [0.2, 0.25) is 0 Å². The molecule has 154 valence electrons. The number of benzene rings is 1. The fourth-order valence-electron chi connectivity index (χ4n) is 3.62. The largest absolute Gasteiger partial charge is 0.379 e. The zero-order chi connectivity index (χ0) is 19.6. The molecule has 2 heterocycles. The first-order valence-corrected chi connectivity index (χ1v) is 10.4. The van der Waals surface area contributed by atoms with Gasteiger partial charge in [0.05, 0.1) is 19.8 Å². The summed E-state index contributed by atoms with van der Waals surface area (Å²) in [6, 6.07) is 7.21. The zero-order valence-electron chi connectivity index (χ0n) is 16.6. The van der Waals surface area contributed by atoms with E-state index in [0.717, 1.165) is 65.3 Å². The second kappa shape index (κ2) is 11.1. The average Bonchev–Trinajstić information content (AvgIpc) is 3.02. The van der Waals surface area contributed by atoms with E-state index >= 15 is 0 Å². The van der Waals surface area contributed by atoms with Crippen molar-refractivity contribution in [1.82, 2.24) is 15.1 Å². The van der Waals surface area contributed by atoms with Gasteiger partial charge in [0, 0.05) is 50.5 Å². The highest BCUT2D eigenvalue weighted by molar-refractivity contribution is 5.96. The predicted octanol–water partition coefficient (Wildman–Crippen LogP) is 1.56. The van der Waals surface area contributed by atoms with Crippen LogP contribution in [0.5, 0.6) is 0 Å². The van der Waals surface area contributed by atoms with Crippen molar-refractivity contribution in [3.05, 3.63) is 29.8 Å². The fraction of sp³-hybridized carbons (Fsp3) is 0.619. The lowest BCUT2D eigenvalue weighted by Crippen LogP contribution is -2.41. The number of carbonyl (C=O) groups excluding carboxylic acids is 2. The highest BCUT2D eigenvalue weighted by Gasteiger charge is 2.17. The standard InChI is InChI=1S/C21H32N4O3/c26-20(17-22-9-12-24-13-15-28-16-14-24)23-19-7-5-18(6-8-19)21(27)25-10-3-1-2-4-11-25/h5-8,22H,1-4,9-17H2,(H,23,26). The van der Waals surface area contributed by atoms with Crippen LogP contribution in [0, 0.1) is 0 Å². The van der Waals surface area contributed by atoms with E-state index in [1.54, 1.807) is 24.3 Å². The lowest BCUT2D eigenvalue weighted by molar-refractivity contribution is -0.115. The van der Waals surface area contributed by atoms with Gasteiger partial charge in [-0.25, -0.2) is 0 Å². The summed E-state index contributed by atoms with van der Waals surface area (Å²) in [6.45, 7) is 7.14. The molecule has 0 saturated carbocycles. The van der Waals surface area contributed by atoms with Gasteiger partial charge in [-0.05, 0) is 37.1 Å². The molecule has 0 radical (unpaired) electrons. The molecule has 3 rings (SSSR count). The molecule has 2 aliphatic rings. The van der Waals surface area contributed by atoms with Crippen molar-refractivity contribution in [2.24, 2.45) is 0 Å². The SMILES string of the molecule is O=C(CNCCN1CCOCC1)Nc1ccc(C(=O)N2CCCCCC2)cc1. The van der Waals surface area contributed by atoms with Crippen molar-refractivity contribution in [1.29, 1.82) is 0 Å². The smallest absolute Gasteiger partial charge is 0.253 e. The summed E-state index contributed by atoms with van der Waals surface area (Å²) in [6.07, 6.45) is 4.57. The van der Waals surface area contributed by atoms with E-state index in [4.69, 9.17) is 4.74 Å². The Hall–Kier alpha value is -1.96. The topological polar surface area (TPSA) is 73.9 Å². The first-order valence-electron chi connectivity index (χ1n) is 10.4. The third kappa shape index (κ3) is 6.58. The van der Waals surface area contributed by atoms with Crippen molar-refractivity contribution >= 4 is 17.5 Å². The number of rotatable bonds is 7. The molecule has 0 spiro atoms. The maximum atomic E-state index is 12.6. The number of anilines is 1. The van der Waals surface area contributed by atoms with Crippen molar-refractivity contribution in [2.45, 2.75) is 25.7 Å². The van der Waals surface area contributed by atoms with Crippen LogP contribution in [0.1, 0.15) is 36.0 Å². The fourth-order valence-corrected chi connectivity index (χ4v) is 3.62. The van der Waals surface area contributed by atoms with E-state index in [1.165, 1.54) is 12.8 Å². The predicted molar refractivity (Wildman–Crippen MR) is 110 cm³/mol. The number of carbonyl (C=O) groups is 2. The van der Waals surface area contributed by atoms with Crippen LogP contribution in [0.15, 0.2) is 24.3 Å². The van der Waals surface area contributed by atoms with E-state index in [9.17, 15) is 9.59 Å². The monoisotopic (exact) mass is 388 g/mol. The summed E-state index contributed by atoms with van der Waals surface area (Å²) in [4.78, 5) is 29.0. The Morgan fingerprint density at radius 3 is 2.29 bits per heavy atom. The van der Waals surface area contributed by atoms with E-state index in [-0.39, 0.29) is 18.4 Å². The second-order valence-corrected chi connectivity index (χ2v) is 7.46. The van der Waals surface area contributed by atoms with E-state index in [1.807, 2.05) is 4.90 Å². The summed E-state index contributed by atoms with van der Waals surface area (Å²) >= 11 is 0. The summed E-state index contributed by atoms with van der Waals surface area (Å²) in [5.41, 5.74) is 1.40. The van der Waals surface area contributed by atoms with Gasteiger partial charge >= 0.3 is 0 Å². The van der Waals surface area contributed by atoms with E-state index in [0.29, 0.717) is 11.3 Å². The van der Waals surface area contributed by atoms with Crippen LogP contribution in [0.4, 0.5) is 5.69 Å². The molecule has 2 aliphatic heterocycles. The molecular formula is C21H32N4O3. The number of ether oxygens (including phenoxy) is 1. The van der Waals surface area contributed by atoms with Crippen molar-refractivity contribution < 1.29 is 14.3 Å². The highest BCUT2D eigenvalue weighted by atomic mass is 16.5. The van der Waals surface area contributed by atoms with Gasteiger partial charge < -0.3 is 20.3 Å². The number of nitrogens with zero attached hydrogens (tertiary/aromatic N) is 2. The van der Waals surface area contributed by atoms with Crippen molar-refractivity contribution in [3.63, 3.8) is 0 Å². The lowest BCUT2D eigenvalue weighted by atomic mass is 10.1. The third-order valence-electron chi connectivity index (χ3n) is 5.30. The molecule has 1 aromatic rings. The Bertz CT molecular complexity index is 621. The van der Waals surface area contributed by atoms with Gasteiger partial charge in [0.15, 0.2) is 0 Å². The quantitative estimate of drug-likeness (QED) is 0.694. The molecule has 2 N–H and O–H groups in total. The Kier molecular flexibility index (Phi) is 8.26. The summed E-state index contributed by atoms with van der Waals surface area (Å²) in [7, 11) is 0. The summed E-state index contributed by atoms with van der Waals surface area (Å²) in [5.74, 6) is 0.0122. The molecule has 0 atom stereocenters. The number of amides is 2. The van der Waals surface area contributed by atoms with Crippen molar-refractivity contribution in [3.8, 4) is 0 Å². The maximum absolute atomic E-state index is 12.6. The van der Waals surface area contributed by atoms with Gasteiger partial charge in [-0.15, -0.1) is 0 Å². The van der Waals surface area contributed by atoms with Gasteiger partial charge in [-0.2, -0.15) is 0 Å². The minimum absolute atomic E-state index is 0.0754. The number of morpholine rings is 1. The molecule has 0 bridgehead atoms. The summed E-state index contributed by atoms with van der Waals surface area (Å²) < 4.78 is 5.32. The Balaban J connectivity index is 1.38.